The van der Waals surface area contributed by atoms with E-state index in [4.69, 9.17) is 11.5 Å². The number of unbranched alkanes of at least 4 members (excludes halogenated alkanes) is 1. The van der Waals surface area contributed by atoms with Crippen LogP contribution in [0, 0.1) is 5.92 Å². The van der Waals surface area contributed by atoms with E-state index in [9.17, 15) is 24.3 Å². The van der Waals surface area contributed by atoms with Gasteiger partial charge in [-0.1, -0.05) is 20.3 Å². The van der Waals surface area contributed by atoms with Gasteiger partial charge in [-0.05, 0) is 44.6 Å². The van der Waals surface area contributed by atoms with Crippen LogP contribution in [-0.2, 0) is 19.2 Å². The minimum absolute atomic E-state index is 0.0139. The van der Waals surface area contributed by atoms with Gasteiger partial charge in [-0.2, -0.15) is 12.6 Å². The molecule has 0 aliphatic carbocycles. The van der Waals surface area contributed by atoms with E-state index in [1.54, 1.807) is 0 Å². The van der Waals surface area contributed by atoms with Crippen molar-refractivity contribution in [2.75, 3.05) is 18.8 Å². The molecule has 1 rings (SSSR count). The van der Waals surface area contributed by atoms with Crippen LogP contribution in [0.4, 0.5) is 0 Å². The van der Waals surface area contributed by atoms with Gasteiger partial charge in [0, 0.05) is 12.3 Å². The van der Waals surface area contributed by atoms with Gasteiger partial charge >= 0.3 is 5.97 Å². The molecule has 31 heavy (non-hydrogen) atoms. The zero-order valence-electron chi connectivity index (χ0n) is 18.4. The molecule has 10 nitrogen and oxygen atoms in total. The fourth-order valence-electron chi connectivity index (χ4n) is 3.48. The number of hydrogen-bond acceptors (Lipinski definition) is 7. The van der Waals surface area contributed by atoms with Gasteiger partial charge in [-0.25, -0.2) is 4.79 Å². The predicted octanol–water partition coefficient (Wildman–Crippen LogP) is -0.536. The highest BCUT2D eigenvalue weighted by Gasteiger charge is 2.38. The predicted molar refractivity (Wildman–Crippen MR) is 120 cm³/mol. The molecular formula is C20H37N5O5S. The molecule has 0 aromatic carbocycles. The van der Waals surface area contributed by atoms with Crippen molar-refractivity contribution in [2.24, 2.45) is 17.4 Å². The Kier molecular flexibility index (Phi) is 11.9. The van der Waals surface area contributed by atoms with Crippen LogP contribution in [0.15, 0.2) is 0 Å². The Bertz CT molecular complexity index is 635. The number of carboxylic acids is 1. The SMILES string of the molecule is CCC(C)C(N)C(=O)N1CCCC1C(=O)NC(CS)C(=O)NC(CCCCN)C(=O)O. The van der Waals surface area contributed by atoms with Gasteiger partial charge in [0.2, 0.25) is 17.7 Å². The lowest BCUT2D eigenvalue weighted by molar-refractivity contribution is -0.143. The van der Waals surface area contributed by atoms with Gasteiger partial charge in [-0.15, -0.1) is 0 Å². The van der Waals surface area contributed by atoms with Crippen LogP contribution in [0.3, 0.4) is 0 Å². The maximum Gasteiger partial charge on any atom is 0.326 e. The van der Waals surface area contributed by atoms with Crippen LogP contribution in [-0.4, -0.2) is 76.7 Å². The summed E-state index contributed by atoms with van der Waals surface area (Å²) in [6.07, 6.45) is 3.33. The van der Waals surface area contributed by atoms with Crippen LogP contribution in [0.25, 0.3) is 0 Å². The Morgan fingerprint density at radius 1 is 1.19 bits per heavy atom. The number of carbonyl (C=O) groups excluding carboxylic acids is 3. The summed E-state index contributed by atoms with van der Waals surface area (Å²) in [4.78, 5) is 51.0. The minimum atomic E-state index is -1.15. The molecule has 5 unspecified atom stereocenters. The molecule has 178 valence electrons. The number of hydrogen-bond donors (Lipinski definition) is 6. The number of carboxylic acid groups (broad SMARTS) is 1. The third-order valence-corrected chi connectivity index (χ3v) is 6.12. The lowest BCUT2D eigenvalue weighted by atomic mass is 9.98. The summed E-state index contributed by atoms with van der Waals surface area (Å²) >= 11 is 4.13. The summed E-state index contributed by atoms with van der Waals surface area (Å²) < 4.78 is 0. The standard InChI is InChI=1S/C20H37N5O5S/c1-3-12(2)16(22)19(28)25-10-6-8-15(25)18(27)24-14(11-31)17(26)23-13(20(29)30)7-4-5-9-21/h12-16,31H,3-11,21-22H2,1-2H3,(H,23,26)(H,24,27)(H,29,30). The first kappa shape index (κ1) is 27.2. The second-order valence-electron chi connectivity index (χ2n) is 8.03. The molecule has 0 radical (unpaired) electrons. The molecule has 7 N–H and O–H groups in total. The summed E-state index contributed by atoms with van der Waals surface area (Å²) in [6, 6.07) is -3.49. The van der Waals surface area contributed by atoms with Gasteiger partial charge in [-0.3, -0.25) is 14.4 Å². The van der Waals surface area contributed by atoms with Crippen LogP contribution >= 0.6 is 12.6 Å². The van der Waals surface area contributed by atoms with Crippen molar-refractivity contribution in [3.05, 3.63) is 0 Å². The lowest BCUT2D eigenvalue weighted by Crippen LogP contribution is -2.57. The molecular weight excluding hydrogens is 422 g/mol. The van der Waals surface area contributed by atoms with Crippen LogP contribution < -0.4 is 22.1 Å². The molecule has 0 aromatic heterocycles. The molecule has 3 amide bonds. The van der Waals surface area contributed by atoms with Gasteiger partial charge in [0.05, 0.1) is 6.04 Å². The average molecular weight is 460 g/mol. The molecule has 0 aromatic rings. The second-order valence-corrected chi connectivity index (χ2v) is 8.39. The molecule has 11 heteroatoms. The molecule has 0 bridgehead atoms. The highest BCUT2D eigenvalue weighted by molar-refractivity contribution is 7.80. The number of likely N-dealkylation sites (tertiary alicyclic amines) is 1. The van der Waals surface area contributed by atoms with E-state index in [1.807, 2.05) is 13.8 Å². The molecule has 1 saturated heterocycles. The zero-order chi connectivity index (χ0) is 23.6. The lowest BCUT2D eigenvalue weighted by Gasteiger charge is -2.30. The maximum absolute atomic E-state index is 12.8. The molecule has 5 atom stereocenters. The van der Waals surface area contributed by atoms with E-state index in [0.717, 1.165) is 6.42 Å². The Labute approximate surface area is 189 Å². The van der Waals surface area contributed by atoms with Crippen LogP contribution in [0.5, 0.6) is 0 Å². The number of nitrogens with one attached hydrogen (secondary N) is 2. The summed E-state index contributed by atoms with van der Waals surface area (Å²) in [5.74, 6) is -2.55. The van der Waals surface area contributed by atoms with Gasteiger partial charge in [0.1, 0.15) is 18.1 Å². The van der Waals surface area contributed by atoms with E-state index < -0.39 is 42.0 Å². The summed E-state index contributed by atoms with van der Waals surface area (Å²) in [7, 11) is 0. The summed E-state index contributed by atoms with van der Waals surface area (Å²) in [5.41, 5.74) is 11.5. The zero-order valence-corrected chi connectivity index (χ0v) is 19.3. The number of nitrogens with two attached hydrogens (primary N) is 2. The van der Waals surface area contributed by atoms with Crippen LogP contribution in [0.2, 0.25) is 0 Å². The van der Waals surface area contributed by atoms with Crippen molar-refractivity contribution >= 4 is 36.3 Å². The number of rotatable bonds is 13. The first-order valence-corrected chi connectivity index (χ1v) is 11.5. The van der Waals surface area contributed by atoms with Crippen molar-refractivity contribution in [2.45, 2.75) is 76.5 Å². The van der Waals surface area contributed by atoms with Gasteiger partial charge in [0.15, 0.2) is 0 Å². The topological polar surface area (TPSA) is 168 Å². The summed E-state index contributed by atoms with van der Waals surface area (Å²) in [6.45, 7) is 4.71. The second kappa shape index (κ2) is 13.5. The fourth-order valence-corrected chi connectivity index (χ4v) is 3.73. The Morgan fingerprint density at radius 2 is 1.87 bits per heavy atom. The Hall–Kier alpha value is -1.85. The highest BCUT2D eigenvalue weighted by Crippen LogP contribution is 2.20. The fraction of sp³-hybridized carbons (Fsp3) is 0.800. The van der Waals surface area contributed by atoms with E-state index in [-0.39, 0.29) is 24.0 Å². The third kappa shape index (κ3) is 7.97. The quantitative estimate of drug-likeness (QED) is 0.159. The van der Waals surface area contributed by atoms with Crippen LogP contribution in [0.1, 0.15) is 52.4 Å². The molecule has 0 saturated carbocycles. The van der Waals surface area contributed by atoms with Crippen molar-refractivity contribution in [1.29, 1.82) is 0 Å². The largest absolute Gasteiger partial charge is 0.480 e. The monoisotopic (exact) mass is 459 g/mol. The first-order valence-electron chi connectivity index (χ1n) is 10.9. The van der Waals surface area contributed by atoms with E-state index in [2.05, 4.69) is 23.3 Å². The minimum Gasteiger partial charge on any atom is -0.480 e. The number of carbonyl (C=O) groups is 4. The number of aliphatic carboxylic acids is 1. The maximum atomic E-state index is 12.8. The molecule has 1 aliphatic heterocycles. The van der Waals surface area contributed by atoms with Gasteiger partial charge < -0.3 is 32.1 Å². The third-order valence-electron chi connectivity index (χ3n) is 5.76. The van der Waals surface area contributed by atoms with Crippen molar-refractivity contribution in [3.63, 3.8) is 0 Å². The van der Waals surface area contributed by atoms with E-state index in [0.29, 0.717) is 38.8 Å². The highest BCUT2D eigenvalue weighted by atomic mass is 32.1. The molecule has 0 spiro atoms. The van der Waals surface area contributed by atoms with Crippen molar-refractivity contribution in [1.82, 2.24) is 15.5 Å². The van der Waals surface area contributed by atoms with Crippen molar-refractivity contribution in [3.8, 4) is 0 Å². The average Bonchev–Trinajstić information content (AvgIpc) is 3.24. The summed E-state index contributed by atoms with van der Waals surface area (Å²) in [5, 5.41) is 14.4. The normalized spacial score (nSPS) is 19.9. The van der Waals surface area contributed by atoms with Crippen molar-refractivity contribution < 1.29 is 24.3 Å². The number of amides is 3. The molecule has 1 fully saturated rings. The number of nitrogens with zero attached hydrogens (tertiary/aromatic N) is 1. The molecule has 1 aliphatic rings. The first-order chi connectivity index (χ1) is 14.7. The molecule has 1 heterocycles. The van der Waals surface area contributed by atoms with E-state index >= 15 is 0 Å². The van der Waals surface area contributed by atoms with Gasteiger partial charge in [0.25, 0.3) is 0 Å². The number of thiol groups is 1. The smallest absolute Gasteiger partial charge is 0.326 e. The van der Waals surface area contributed by atoms with E-state index in [1.165, 1.54) is 4.90 Å². The Balaban J connectivity index is 2.76. The Morgan fingerprint density at radius 3 is 2.42 bits per heavy atom.